The predicted molar refractivity (Wildman–Crippen MR) is 73.3 cm³/mol. The summed E-state index contributed by atoms with van der Waals surface area (Å²) in [6.45, 7) is 3.95. The number of hydrogen-bond donors (Lipinski definition) is 1. The number of halogens is 2. The van der Waals surface area contributed by atoms with E-state index >= 15 is 0 Å². The quantitative estimate of drug-likeness (QED) is 0.905. The Balaban J connectivity index is 1.79. The Hall–Kier alpha value is -0.640. The second-order valence-electron chi connectivity index (χ2n) is 5.14. The predicted octanol–water partition coefficient (Wildman–Crippen LogP) is 2.91. The van der Waals surface area contributed by atoms with E-state index in [0.717, 1.165) is 18.7 Å². The van der Waals surface area contributed by atoms with Gasteiger partial charge in [0.1, 0.15) is 5.82 Å². The first-order chi connectivity index (χ1) is 8.65. The summed E-state index contributed by atoms with van der Waals surface area (Å²) in [7, 11) is 2.16. The fourth-order valence-electron chi connectivity index (χ4n) is 2.53. The lowest BCUT2D eigenvalue weighted by molar-refractivity contribution is 0.206. The van der Waals surface area contributed by atoms with E-state index < -0.39 is 0 Å². The fraction of sp³-hybridized carbons (Fsp3) is 0.571. The molecule has 1 aliphatic rings. The van der Waals surface area contributed by atoms with Crippen molar-refractivity contribution in [2.24, 2.45) is 5.92 Å². The van der Waals surface area contributed by atoms with E-state index in [2.05, 4.69) is 17.3 Å². The molecule has 1 saturated heterocycles. The number of rotatable bonds is 4. The summed E-state index contributed by atoms with van der Waals surface area (Å²) in [5.74, 6) is 0.463. The van der Waals surface area contributed by atoms with Crippen molar-refractivity contribution in [3.63, 3.8) is 0 Å². The SMILES string of the molecule is CN1CCCC(CNCc2cc(F)ccc2Cl)C1. The molecular formula is C14H20ClFN2. The van der Waals surface area contributed by atoms with Gasteiger partial charge < -0.3 is 10.2 Å². The van der Waals surface area contributed by atoms with Crippen molar-refractivity contribution in [1.82, 2.24) is 10.2 Å². The highest BCUT2D eigenvalue weighted by Gasteiger charge is 2.16. The monoisotopic (exact) mass is 270 g/mol. The second-order valence-corrected chi connectivity index (χ2v) is 5.54. The Morgan fingerprint density at radius 3 is 3.11 bits per heavy atom. The summed E-state index contributed by atoms with van der Waals surface area (Å²) in [5, 5.41) is 4.01. The van der Waals surface area contributed by atoms with Gasteiger partial charge in [0.05, 0.1) is 0 Å². The van der Waals surface area contributed by atoms with Crippen molar-refractivity contribution in [1.29, 1.82) is 0 Å². The minimum atomic E-state index is -0.228. The van der Waals surface area contributed by atoms with Crippen LogP contribution in [0, 0.1) is 11.7 Å². The van der Waals surface area contributed by atoms with Crippen molar-refractivity contribution in [2.75, 3.05) is 26.7 Å². The lowest BCUT2D eigenvalue weighted by Crippen LogP contribution is -2.37. The molecule has 1 heterocycles. The molecule has 0 bridgehead atoms. The maximum absolute atomic E-state index is 13.1. The van der Waals surface area contributed by atoms with Gasteiger partial charge in [-0.25, -0.2) is 4.39 Å². The van der Waals surface area contributed by atoms with Crippen LogP contribution in [0.2, 0.25) is 5.02 Å². The smallest absolute Gasteiger partial charge is 0.123 e. The molecule has 0 spiro atoms. The van der Waals surface area contributed by atoms with Crippen LogP contribution in [0.15, 0.2) is 18.2 Å². The van der Waals surface area contributed by atoms with Gasteiger partial charge in [-0.15, -0.1) is 0 Å². The molecule has 1 aliphatic heterocycles. The molecule has 18 heavy (non-hydrogen) atoms. The average molecular weight is 271 g/mol. The van der Waals surface area contributed by atoms with Gasteiger partial charge in [-0.2, -0.15) is 0 Å². The lowest BCUT2D eigenvalue weighted by atomic mass is 9.98. The average Bonchev–Trinajstić information content (AvgIpc) is 2.34. The summed E-state index contributed by atoms with van der Waals surface area (Å²) in [4.78, 5) is 2.37. The van der Waals surface area contributed by atoms with Crippen LogP contribution in [-0.4, -0.2) is 31.6 Å². The molecule has 4 heteroatoms. The van der Waals surface area contributed by atoms with Crippen LogP contribution in [0.3, 0.4) is 0 Å². The van der Waals surface area contributed by atoms with E-state index in [1.165, 1.54) is 31.5 Å². The van der Waals surface area contributed by atoms with Crippen LogP contribution >= 0.6 is 11.6 Å². The Kier molecular flexibility index (Phi) is 4.98. The number of nitrogens with zero attached hydrogens (tertiary/aromatic N) is 1. The Morgan fingerprint density at radius 1 is 1.50 bits per heavy atom. The summed E-state index contributed by atoms with van der Waals surface area (Å²) >= 11 is 6.03. The first-order valence-electron chi connectivity index (χ1n) is 6.48. The zero-order valence-electron chi connectivity index (χ0n) is 10.8. The van der Waals surface area contributed by atoms with E-state index in [0.29, 0.717) is 17.5 Å². The van der Waals surface area contributed by atoms with E-state index in [9.17, 15) is 4.39 Å². The minimum absolute atomic E-state index is 0.228. The van der Waals surface area contributed by atoms with Crippen LogP contribution in [0.5, 0.6) is 0 Å². The third-order valence-electron chi connectivity index (χ3n) is 3.48. The van der Waals surface area contributed by atoms with Gasteiger partial charge in [-0.05, 0) is 62.7 Å². The molecule has 100 valence electrons. The Morgan fingerprint density at radius 2 is 2.33 bits per heavy atom. The third-order valence-corrected chi connectivity index (χ3v) is 3.85. The standard InChI is InChI=1S/C14H20ClFN2/c1-18-6-2-3-11(10-18)8-17-9-12-7-13(16)4-5-14(12)15/h4-5,7,11,17H,2-3,6,8-10H2,1H3. The number of likely N-dealkylation sites (tertiary alicyclic amines) is 1. The third kappa shape index (κ3) is 3.94. The topological polar surface area (TPSA) is 15.3 Å². The van der Waals surface area contributed by atoms with Crippen LogP contribution in [0.25, 0.3) is 0 Å². The van der Waals surface area contributed by atoms with Crippen molar-refractivity contribution in [2.45, 2.75) is 19.4 Å². The molecule has 1 atom stereocenters. The molecule has 1 fully saturated rings. The van der Waals surface area contributed by atoms with Crippen LogP contribution in [-0.2, 0) is 6.54 Å². The van der Waals surface area contributed by atoms with Crippen LogP contribution in [0.1, 0.15) is 18.4 Å². The molecular weight excluding hydrogens is 251 g/mol. The summed E-state index contributed by atoms with van der Waals surface area (Å²) < 4.78 is 13.1. The summed E-state index contributed by atoms with van der Waals surface area (Å²) in [6, 6.07) is 4.51. The van der Waals surface area contributed by atoms with E-state index in [1.807, 2.05) is 0 Å². The largest absolute Gasteiger partial charge is 0.312 e. The molecule has 0 aromatic heterocycles. The van der Waals surface area contributed by atoms with Crippen molar-refractivity contribution < 1.29 is 4.39 Å². The molecule has 1 aromatic carbocycles. The first-order valence-corrected chi connectivity index (χ1v) is 6.86. The van der Waals surface area contributed by atoms with Crippen molar-refractivity contribution in [3.8, 4) is 0 Å². The lowest BCUT2D eigenvalue weighted by Gasteiger charge is -2.29. The molecule has 2 nitrogen and oxygen atoms in total. The fourth-order valence-corrected chi connectivity index (χ4v) is 2.71. The highest BCUT2D eigenvalue weighted by atomic mass is 35.5. The maximum Gasteiger partial charge on any atom is 0.123 e. The van der Waals surface area contributed by atoms with Gasteiger partial charge in [0, 0.05) is 18.1 Å². The van der Waals surface area contributed by atoms with Gasteiger partial charge in [0.15, 0.2) is 0 Å². The highest BCUT2D eigenvalue weighted by molar-refractivity contribution is 6.31. The zero-order chi connectivity index (χ0) is 13.0. The minimum Gasteiger partial charge on any atom is -0.312 e. The molecule has 2 rings (SSSR count). The molecule has 0 aliphatic carbocycles. The zero-order valence-corrected chi connectivity index (χ0v) is 11.5. The van der Waals surface area contributed by atoms with Crippen molar-refractivity contribution >= 4 is 11.6 Å². The first kappa shape index (κ1) is 13.8. The normalized spacial score (nSPS) is 21.2. The van der Waals surface area contributed by atoms with Gasteiger partial charge in [0.2, 0.25) is 0 Å². The highest BCUT2D eigenvalue weighted by Crippen LogP contribution is 2.18. The number of piperidine rings is 1. The second kappa shape index (κ2) is 6.50. The summed E-state index contributed by atoms with van der Waals surface area (Å²) in [5.41, 5.74) is 0.834. The van der Waals surface area contributed by atoms with Crippen LogP contribution < -0.4 is 5.32 Å². The molecule has 0 saturated carbocycles. The van der Waals surface area contributed by atoms with E-state index in [1.54, 1.807) is 6.07 Å². The van der Waals surface area contributed by atoms with Gasteiger partial charge >= 0.3 is 0 Å². The molecule has 1 aromatic rings. The molecule has 1 unspecified atom stereocenters. The van der Waals surface area contributed by atoms with Gasteiger partial charge in [-0.1, -0.05) is 11.6 Å². The van der Waals surface area contributed by atoms with Gasteiger partial charge in [-0.3, -0.25) is 0 Å². The van der Waals surface area contributed by atoms with Crippen molar-refractivity contribution in [3.05, 3.63) is 34.6 Å². The number of nitrogens with one attached hydrogen (secondary N) is 1. The maximum atomic E-state index is 13.1. The Bertz CT molecular complexity index is 397. The van der Waals surface area contributed by atoms with E-state index in [-0.39, 0.29) is 5.82 Å². The molecule has 0 radical (unpaired) electrons. The number of benzene rings is 1. The number of hydrogen-bond acceptors (Lipinski definition) is 2. The Labute approximate surface area is 113 Å². The summed E-state index contributed by atoms with van der Waals surface area (Å²) in [6.07, 6.45) is 2.54. The molecule has 1 N–H and O–H groups in total. The van der Waals surface area contributed by atoms with Crippen LogP contribution in [0.4, 0.5) is 4.39 Å². The molecule has 0 amide bonds. The van der Waals surface area contributed by atoms with E-state index in [4.69, 9.17) is 11.6 Å². The van der Waals surface area contributed by atoms with Gasteiger partial charge in [0.25, 0.3) is 0 Å².